The molecule has 0 aliphatic rings. The zero-order valence-corrected chi connectivity index (χ0v) is 13.0. The van der Waals surface area contributed by atoms with Crippen LogP contribution < -0.4 is 9.47 Å². The minimum atomic E-state index is 0.130. The van der Waals surface area contributed by atoms with Crippen molar-refractivity contribution in [3.05, 3.63) is 23.8 Å². The molecule has 0 aromatic heterocycles. The molecular formula is C16H25ClO2. The zero-order valence-electron chi connectivity index (χ0n) is 12.2. The van der Waals surface area contributed by atoms with Gasteiger partial charge in [-0.05, 0) is 44.4 Å². The summed E-state index contributed by atoms with van der Waals surface area (Å²) in [6, 6.07) is 6.10. The lowest BCUT2D eigenvalue weighted by atomic mass is 10.1. The van der Waals surface area contributed by atoms with Gasteiger partial charge < -0.3 is 9.47 Å². The van der Waals surface area contributed by atoms with E-state index in [0.717, 1.165) is 30.9 Å². The molecule has 1 atom stereocenters. The maximum Gasteiger partial charge on any atom is 0.161 e. The Hall–Kier alpha value is -0.890. The Morgan fingerprint density at radius 2 is 1.89 bits per heavy atom. The second-order valence-electron chi connectivity index (χ2n) is 4.75. The van der Waals surface area contributed by atoms with Crippen molar-refractivity contribution in [1.82, 2.24) is 0 Å². The number of benzene rings is 1. The molecule has 1 rings (SSSR count). The quantitative estimate of drug-likeness (QED) is 0.478. The van der Waals surface area contributed by atoms with E-state index in [9.17, 15) is 0 Å². The molecule has 0 saturated heterocycles. The Balaban J connectivity index is 2.67. The number of rotatable bonds is 9. The SMILES string of the molecule is CCCCCOc1ccc(CC(C)Cl)cc1OCC. The number of alkyl halides is 1. The van der Waals surface area contributed by atoms with Crippen LogP contribution in [0, 0.1) is 0 Å². The number of hydrogen-bond donors (Lipinski definition) is 0. The highest BCUT2D eigenvalue weighted by Crippen LogP contribution is 2.29. The van der Waals surface area contributed by atoms with Crippen molar-refractivity contribution in [2.45, 2.75) is 51.8 Å². The van der Waals surface area contributed by atoms with Crippen LogP contribution in [0.5, 0.6) is 11.5 Å². The monoisotopic (exact) mass is 284 g/mol. The number of halogens is 1. The highest BCUT2D eigenvalue weighted by Gasteiger charge is 2.08. The molecule has 0 fully saturated rings. The van der Waals surface area contributed by atoms with Crippen LogP contribution in [0.3, 0.4) is 0 Å². The van der Waals surface area contributed by atoms with E-state index in [1.54, 1.807) is 0 Å². The first-order valence-electron chi connectivity index (χ1n) is 7.20. The van der Waals surface area contributed by atoms with Gasteiger partial charge in [0.1, 0.15) is 0 Å². The van der Waals surface area contributed by atoms with Gasteiger partial charge in [0.2, 0.25) is 0 Å². The summed E-state index contributed by atoms with van der Waals surface area (Å²) >= 11 is 6.03. The number of unbranched alkanes of at least 4 members (excludes halogenated alkanes) is 2. The van der Waals surface area contributed by atoms with E-state index in [4.69, 9.17) is 21.1 Å². The minimum absolute atomic E-state index is 0.130. The molecular weight excluding hydrogens is 260 g/mol. The average Bonchev–Trinajstić information content (AvgIpc) is 2.36. The van der Waals surface area contributed by atoms with Gasteiger partial charge in [-0.25, -0.2) is 0 Å². The highest BCUT2D eigenvalue weighted by molar-refractivity contribution is 6.20. The van der Waals surface area contributed by atoms with Crippen molar-refractivity contribution >= 4 is 11.6 Å². The van der Waals surface area contributed by atoms with Gasteiger partial charge in [-0.3, -0.25) is 0 Å². The molecule has 0 saturated carbocycles. The van der Waals surface area contributed by atoms with Gasteiger partial charge >= 0.3 is 0 Å². The molecule has 0 N–H and O–H groups in total. The third-order valence-electron chi connectivity index (χ3n) is 2.83. The van der Waals surface area contributed by atoms with E-state index in [0.29, 0.717) is 6.61 Å². The molecule has 0 spiro atoms. The first-order chi connectivity index (χ1) is 9.17. The van der Waals surface area contributed by atoms with Crippen molar-refractivity contribution in [2.24, 2.45) is 0 Å². The standard InChI is InChI=1S/C16H25ClO2/c1-4-6-7-10-19-15-9-8-14(11-13(3)17)12-16(15)18-5-2/h8-9,12-13H,4-7,10-11H2,1-3H3. The molecule has 2 nitrogen and oxygen atoms in total. The molecule has 1 unspecified atom stereocenters. The molecule has 1 aromatic rings. The van der Waals surface area contributed by atoms with E-state index >= 15 is 0 Å². The summed E-state index contributed by atoms with van der Waals surface area (Å²) < 4.78 is 11.4. The Kier molecular flexibility index (Phi) is 7.73. The zero-order chi connectivity index (χ0) is 14.1. The Labute approximate surface area is 122 Å². The Bertz CT molecular complexity index is 364. The van der Waals surface area contributed by atoms with E-state index < -0.39 is 0 Å². The lowest BCUT2D eigenvalue weighted by Crippen LogP contribution is -2.03. The highest BCUT2D eigenvalue weighted by atomic mass is 35.5. The first kappa shape index (κ1) is 16.2. The van der Waals surface area contributed by atoms with Crippen molar-refractivity contribution in [2.75, 3.05) is 13.2 Å². The molecule has 0 aliphatic carbocycles. The summed E-state index contributed by atoms with van der Waals surface area (Å²) in [5.74, 6) is 1.66. The number of hydrogen-bond acceptors (Lipinski definition) is 2. The van der Waals surface area contributed by atoms with Gasteiger partial charge in [-0.1, -0.05) is 25.8 Å². The van der Waals surface area contributed by atoms with E-state index in [-0.39, 0.29) is 5.38 Å². The van der Waals surface area contributed by atoms with E-state index in [1.165, 1.54) is 18.4 Å². The molecule has 19 heavy (non-hydrogen) atoms. The predicted molar refractivity (Wildman–Crippen MR) is 81.7 cm³/mol. The van der Waals surface area contributed by atoms with Crippen LogP contribution >= 0.6 is 11.6 Å². The van der Waals surface area contributed by atoms with E-state index in [2.05, 4.69) is 13.0 Å². The second-order valence-corrected chi connectivity index (χ2v) is 5.50. The fourth-order valence-electron chi connectivity index (χ4n) is 1.93. The van der Waals surface area contributed by atoms with Crippen molar-refractivity contribution in [3.63, 3.8) is 0 Å². The molecule has 0 aliphatic heterocycles. The molecule has 0 heterocycles. The molecule has 108 valence electrons. The van der Waals surface area contributed by atoms with Crippen LogP contribution in [0.2, 0.25) is 0 Å². The lowest BCUT2D eigenvalue weighted by Gasteiger charge is -2.13. The third-order valence-corrected chi connectivity index (χ3v) is 2.98. The van der Waals surface area contributed by atoms with Crippen molar-refractivity contribution in [1.29, 1.82) is 0 Å². The van der Waals surface area contributed by atoms with Crippen LogP contribution in [0.1, 0.15) is 45.6 Å². The largest absolute Gasteiger partial charge is 0.490 e. The van der Waals surface area contributed by atoms with Gasteiger partial charge in [0, 0.05) is 5.38 Å². The van der Waals surface area contributed by atoms with E-state index in [1.807, 2.05) is 26.0 Å². The van der Waals surface area contributed by atoms with Gasteiger partial charge in [0.05, 0.1) is 13.2 Å². The lowest BCUT2D eigenvalue weighted by molar-refractivity contribution is 0.271. The van der Waals surface area contributed by atoms with Gasteiger partial charge in [-0.2, -0.15) is 0 Å². The molecule has 3 heteroatoms. The summed E-state index contributed by atoms with van der Waals surface area (Å²) in [4.78, 5) is 0. The first-order valence-corrected chi connectivity index (χ1v) is 7.63. The summed E-state index contributed by atoms with van der Waals surface area (Å²) in [6.07, 6.45) is 4.33. The smallest absolute Gasteiger partial charge is 0.161 e. The van der Waals surface area contributed by atoms with Gasteiger partial charge in [-0.15, -0.1) is 11.6 Å². The fourth-order valence-corrected chi connectivity index (χ4v) is 2.10. The normalized spacial score (nSPS) is 12.2. The van der Waals surface area contributed by atoms with Crippen molar-refractivity contribution < 1.29 is 9.47 Å². The molecule has 0 bridgehead atoms. The summed E-state index contributed by atoms with van der Waals surface area (Å²) in [7, 11) is 0. The summed E-state index contributed by atoms with van der Waals surface area (Å²) in [5, 5.41) is 0.130. The topological polar surface area (TPSA) is 18.5 Å². The second kappa shape index (κ2) is 9.08. The fraction of sp³-hybridized carbons (Fsp3) is 0.625. The molecule has 0 amide bonds. The van der Waals surface area contributed by atoms with Crippen molar-refractivity contribution in [3.8, 4) is 11.5 Å². The Morgan fingerprint density at radius 3 is 2.53 bits per heavy atom. The summed E-state index contributed by atoms with van der Waals surface area (Å²) in [6.45, 7) is 7.56. The van der Waals surface area contributed by atoms with Gasteiger partial charge in [0.15, 0.2) is 11.5 Å². The van der Waals surface area contributed by atoms with Crippen LogP contribution in [-0.2, 0) is 6.42 Å². The molecule has 0 radical (unpaired) electrons. The maximum absolute atomic E-state index is 6.03. The summed E-state index contributed by atoms with van der Waals surface area (Å²) in [5.41, 5.74) is 1.19. The maximum atomic E-state index is 6.03. The van der Waals surface area contributed by atoms with Crippen LogP contribution in [-0.4, -0.2) is 18.6 Å². The average molecular weight is 285 g/mol. The Morgan fingerprint density at radius 1 is 1.11 bits per heavy atom. The third kappa shape index (κ3) is 6.20. The van der Waals surface area contributed by atoms with Crippen LogP contribution in [0.15, 0.2) is 18.2 Å². The molecule has 1 aromatic carbocycles. The van der Waals surface area contributed by atoms with Crippen LogP contribution in [0.25, 0.3) is 0 Å². The predicted octanol–water partition coefficient (Wildman–Crippen LogP) is 4.82. The minimum Gasteiger partial charge on any atom is -0.490 e. The number of ether oxygens (including phenoxy) is 2. The van der Waals surface area contributed by atoms with Crippen LogP contribution in [0.4, 0.5) is 0 Å². The van der Waals surface area contributed by atoms with Gasteiger partial charge in [0.25, 0.3) is 0 Å².